The van der Waals surface area contributed by atoms with Crippen LogP contribution < -0.4 is 0 Å². The van der Waals surface area contributed by atoms with Crippen LogP contribution in [0.1, 0.15) is 206 Å². The number of H-pyrrole nitrogens is 4. The number of fused-ring (bicyclic) bond motifs is 13. The summed E-state index contributed by atoms with van der Waals surface area (Å²) in [6.45, 7) is 27.9. The summed E-state index contributed by atoms with van der Waals surface area (Å²) < 4.78 is 12.3. The highest BCUT2D eigenvalue weighted by molar-refractivity contribution is 5.73. The van der Waals surface area contributed by atoms with Crippen molar-refractivity contribution in [2.24, 2.45) is 46.3 Å². The van der Waals surface area contributed by atoms with Crippen LogP contribution in [0.3, 0.4) is 0 Å². The summed E-state index contributed by atoms with van der Waals surface area (Å²) in [6, 6.07) is 17.2. The Balaban J connectivity index is 0.850. The van der Waals surface area contributed by atoms with Crippen LogP contribution in [0.4, 0.5) is 4.79 Å². The van der Waals surface area contributed by atoms with Crippen molar-refractivity contribution in [1.82, 2.24) is 24.8 Å². The number of aromatic amines is 4. The summed E-state index contributed by atoms with van der Waals surface area (Å²) in [7, 11) is 0. The number of aromatic nitrogens is 4. The summed E-state index contributed by atoms with van der Waals surface area (Å²) in [5.41, 5.74) is 8.51. The van der Waals surface area contributed by atoms with E-state index in [2.05, 4.69) is 158 Å². The highest BCUT2D eigenvalue weighted by Gasteiger charge is 2.59. The van der Waals surface area contributed by atoms with E-state index < -0.39 is 22.3 Å². The average molecular weight is 972 g/mol. The van der Waals surface area contributed by atoms with Crippen LogP contribution in [0.25, 0.3) is 0 Å². The third-order valence-electron chi connectivity index (χ3n) is 20.3. The maximum atomic E-state index is 14.1. The molecule has 0 unspecified atom stereocenters. The molecule has 3 fully saturated rings. The molecule has 4 aromatic heterocycles. The molecule has 0 aromatic carbocycles. The minimum absolute atomic E-state index is 0.00861. The van der Waals surface area contributed by atoms with Crippen LogP contribution in [0.2, 0.25) is 0 Å². The van der Waals surface area contributed by atoms with Crippen molar-refractivity contribution < 1.29 is 24.2 Å². The number of aliphatic hydroxyl groups is 1. The number of carbonyl (C=O) groups is 2. The van der Waals surface area contributed by atoms with Gasteiger partial charge in [0.25, 0.3) is 0 Å². The summed E-state index contributed by atoms with van der Waals surface area (Å²) in [5, 5.41) is 10.1. The van der Waals surface area contributed by atoms with E-state index in [9.17, 15) is 14.7 Å². The molecule has 4 aromatic rings. The lowest BCUT2D eigenvalue weighted by Crippen LogP contribution is -2.51. The van der Waals surface area contributed by atoms with Crippen LogP contribution in [-0.4, -0.2) is 74.4 Å². The molecule has 388 valence electrons. The molecule has 8 bridgehead atoms. The van der Waals surface area contributed by atoms with Crippen LogP contribution in [-0.2, 0) is 35.9 Å². The van der Waals surface area contributed by atoms with E-state index in [0.29, 0.717) is 11.3 Å². The van der Waals surface area contributed by atoms with Gasteiger partial charge in [0.15, 0.2) is 0 Å². The second-order valence-corrected chi connectivity index (χ2v) is 26.0. The number of hydrogen-bond donors (Lipinski definition) is 5. The molecule has 8 atom stereocenters. The molecule has 71 heavy (non-hydrogen) atoms. The number of aliphatic hydroxyl groups excluding tert-OH is 1. The minimum atomic E-state index is -0.810. The number of nitrogens with zero attached hydrogens (tertiary/aromatic N) is 1. The Hall–Kier alpha value is -4.44. The Bertz CT molecular complexity index is 2470. The number of ether oxygens (including phenoxy) is 2. The highest BCUT2D eigenvalue weighted by Crippen LogP contribution is 2.67. The molecular formula is C61H89N5O5. The maximum absolute atomic E-state index is 14.1. The normalized spacial score (nSPS) is 29.3. The van der Waals surface area contributed by atoms with Crippen molar-refractivity contribution in [3.05, 3.63) is 106 Å². The molecule has 5 heterocycles. The van der Waals surface area contributed by atoms with Gasteiger partial charge in [-0.2, -0.15) is 0 Å². The van der Waals surface area contributed by atoms with E-state index in [0.717, 1.165) is 101 Å². The monoisotopic (exact) mass is 972 g/mol. The molecule has 0 saturated heterocycles. The number of allylic oxidation sites excluding steroid dienone is 1. The zero-order valence-corrected chi connectivity index (χ0v) is 45.6. The molecule has 0 spiro atoms. The second kappa shape index (κ2) is 19.1. The van der Waals surface area contributed by atoms with E-state index in [1.54, 1.807) is 0 Å². The fraction of sp³-hybridized carbons (Fsp3) is 0.672. The Morgan fingerprint density at radius 3 is 1.75 bits per heavy atom. The van der Waals surface area contributed by atoms with Crippen LogP contribution in [0.15, 0.2) is 60.2 Å². The molecule has 0 radical (unpaired) electrons. The van der Waals surface area contributed by atoms with Gasteiger partial charge in [0.1, 0.15) is 12.7 Å². The van der Waals surface area contributed by atoms with Gasteiger partial charge in [-0.3, -0.25) is 4.79 Å². The summed E-state index contributed by atoms with van der Waals surface area (Å²) in [5.74, 6) is 4.31. The van der Waals surface area contributed by atoms with Crippen molar-refractivity contribution in [3.63, 3.8) is 0 Å². The molecule has 3 saturated carbocycles. The molecule has 10 heteroatoms. The number of hydrogen-bond acceptors (Lipinski definition) is 5. The van der Waals surface area contributed by atoms with Gasteiger partial charge < -0.3 is 39.4 Å². The fourth-order valence-electron chi connectivity index (χ4n) is 15.2. The SMILES string of the molecule is CC(C)CCC[C@@H](C)[C@H]1CC[C@H]2[C@@H]3CC=C4C[C@@H](OC(=O)N(CCO)CCOC(=O)CC5(C)c6ccc([nH]6)C(C)(C)c6ccc([nH]6)C(C)(C)c6ccc([nH]6)C(C)(C)c6ccc5[nH]6)CC[C@]4(C)[C@H]3CC[C@]12C. The summed E-state index contributed by atoms with van der Waals surface area (Å²) in [4.78, 5) is 44.6. The number of esters is 1. The van der Waals surface area contributed by atoms with E-state index in [-0.39, 0.29) is 55.6 Å². The second-order valence-electron chi connectivity index (χ2n) is 26.0. The van der Waals surface area contributed by atoms with Gasteiger partial charge in [-0.15, -0.1) is 0 Å². The molecule has 4 aliphatic carbocycles. The highest BCUT2D eigenvalue weighted by atomic mass is 16.6. The van der Waals surface area contributed by atoms with Crippen LogP contribution in [0.5, 0.6) is 0 Å². The zero-order chi connectivity index (χ0) is 50.9. The van der Waals surface area contributed by atoms with Gasteiger partial charge in [0.05, 0.1) is 25.0 Å². The predicted octanol–water partition coefficient (Wildman–Crippen LogP) is 13.4. The average Bonchev–Trinajstić information content (AvgIpc) is 4.17. The Morgan fingerprint density at radius 2 is 1.21 bits per heavy atom. The van der Waals surface area contributed by atoms with Gasteiger partial charge in [-0.1, -0.05) is 65.5 Å². The zero-order valence-electron chi connectivity index (χ0n) is 45.6. The molecule has 1 aliphatic heterocycles. The predicted molar refractivity (Wildman–Crippen MR) is 284 cm³/mol. The molecule has 5 aliphatic rings. The molecule has 10 nitrogen and oxygen atoms in total. The lowest BCUT2D eigenvalue weighted by atomic mass is 9.47. The van der Waals surface area contributed by atoms with Crippen molar-refractivity contribution in [2.75, 3.05) is 26.3 Å². The maximum Gasteiger partial charge on any atom is 0.410 e. The first kappa shape index (κ1) is 51.5. The third kappa shape index (κ3) is 9.21. The standard InChI is InChI=1S/C61H89N5O5/c1-38(2)14-13-15-39(3)43-18-19-44-42-17-16-40-36-41(28-30-59(40,10)45(42)29-31-60(43,44)11)71-55(69)66(32-34-67)33-35-70-54(68)37-61(12)52-26-24-50(64-52)57(6,7)48-22-20-46(62-48)56(4,5)47-21-23-49(63-47)58(8,9)51-25-27-53(61)65-51/h16,20-27,38-39,41-45,62-65,67H,13-15,17-19,28-37H2,1-12H3/t39-,41+,42+,43-,44+,45+,59+,60-/m1/s1. The van der Waals surface area contributed by atoms with Crippen molar-refractivity contribution in [2.45, 2.75) is 188 Å². The number of rotatable bonds is 13. The number of carbonyl (C=O) groups excluding carboxylic acids is 2. The third-order valence-corrected chi connectivity index (χ3v) is 20.3. The van der Waals surface area contributed by atoms with E-state index in [1.807, 2.05) is 0 Å². The lowest BCUT2D eigenvalue weighted by Gasteiger charge is -2.58. The summed E-state index contributed by atoms with van der Waals surface area (Å²) >= 11 is 0. The first-order valence-electron chi connectivity index (χ1n) is 27.7. The van der Waals surface area contributed by atoms with Gasteiger partial charge >= 0.3 is 12.1 Å². The van der Waals surface area contributed by atoms with Crippen LogP contribution in [0, 0.1) is 46.3 Å². The molecule has 1 amide bonds. The Morgan fingerprint density at radius 1 is 0.676 bits per heavy atom. The number of nitrogens with one attached hydrogen (secondary N) is 4. The van der Waals surface area contributed by atoms with E-state index in [1.165, 1.54) is 55.4 Å². The lowest BCUT2D eigenvalue weighted by molar-refractivity contribution is -0.145. The fourth-order valence-corrected chi connectivity index (χ4v) is 15.2. The van der Waals surface area contributed by atoms with Gasteiger partial charge in [-0.05, 0) is 188 Å². The van der Waals surface area contributed by atoms with Crippen molar-refractivity contribution in [3.8, 4) is 0 Å². The van der Waals surface area contributed by atoms with Gasteiger partial charge in [0, 0.05) is 74.8 Å². The quantitative estimate of drug-likeness (QED) is 0.0671. The largest absolute Gasteiger partial charge is 0.464 e. The topological polar surface area (TPSA) is 139 Å². The first-order chi connectivity index (χ1) is 33.5. The summed E-state index contributed by atoms with van der Waals surface area (Å²) in [6.07, 6.45) is 15.3. The van der Waals surface area contributed by atoms with E-state index >= 15 is 0 Å². The van der Waals surface area contributed by atoms with Gasteiger partial charge in [0.2, 0.25) is 0 Å². The minimum Gasteiger partial charge on any atom is -0.464 e. The smallest absolute Gasteiger partial charge is 0.410 e. The molecular weight excluding hydrogens is 883 g/mol. The van der Waals surface area contributed by atoms with Gasteiger partial charge in [-0.25, -0.2) is 4.79 Å². The molecule has 5 N–H and O–H groups in total. The Labute approximate surface area is 425 Å². The van der Waals surface area contributed by atoms with Crippen molar-refractivity contribution >= 4 is 12.1 Å². The Kier molecular flexibility index (Phi) is 13.9. The number of amides is 1. The molecule has 9 rings (SSSR count). The van der Waals surface area contributed by atoms with E-state index in [4.69, 9.17) is 9.47 Å². The first-order valence-corrected chi connectivity index (χ1v) is 27.7. The van der Waals surface area contributed by atoms with Crippen LogP contribution >= 0.6 is 0 Å². The van der Waals surface area contributed by atoms with Crippen molar-refractivity contribution in [1.29, 1.82) is 0 Å².